The van der Waals surface area contributed by atoms with Crippen molar-refractivity contribution in [3.8, 4) is 0 Å². The van der Waals surface area contributed by atoms with Crippen LogP contribution in [0.3, 0.4) is 0 Å². The number of carbonyl (C=O) groups is 1. The van der Waals surface area contributed by atoms with Gasteiger partial charge in [-0.15, -0.1) is 5.10 Å². The molecule has 1 aromatic heterocycles. The first kappa shape index (κ1) is 16.2. The van der Waals surface area contributed by atoms with Crippen LogP contribution in [0.1, 0.15) is 33.1 Å². The van der Waals surface area contributed by atoms with E-state index in [9.17, 15) is 4.79 Å². The number of thioether (sulfide) groups is 1. The van der Waals surface area contributed by atoms with Gasteiger partial charge in [-0.05, 0) is 35.7 Å². The minimum atomic E-state index is -0.0825. The van der Waals surface area contributed by atoms with Crippen LogP contribution in [-0.4, -0.2) is 51.0 Å². The molecule has 1 unspecified atom stereocenters. The molecule has 1 amide bonds. The third kappa shape index (κ3) is 5.28. The second-order valence-corrected chi connectivity index (χ2v) is 6.85. The van der Waals surface area contributed by atoms with Crippen molar-refractivity contribution >= 4 is 17.7 Å². The zero-order chi connectivity index (χ0) is 15.1. The second kappa shape index (κ2) is 8.33. The number of nitrogens with one attached hydrogen (secondary N) is 2. The molecule has 0 aliphatic carbocycles. The van der Waals surface area contributed by atoms with Crippen LogP contribution in [-0.2, 0) is 11.3 Å². The standard InChI is InChI=1S/C13H24N6OS/c1-10(2)9-14-7-8-19-13(16-17-18-19)21-11-5-3-4-6-15-12(11)20/h10-11,14H,3-9H2,1-2H3,(H,15,20). The minimum absolute atomic E-state index is 0.0825. The lowest BCUT2D eigenvalue weighted by molar-refractivity contribution is -0.120. The lowest BCUT2D eigenvalue weighted by Gasteiger charge is -2.12. The summed E-state index contributed by atoms with van der Waals surface area (Å²) in [4.78, 5) is 12.0. The Morgan fingerprint density at radius 1 is 1.48 bits per heavy atom. The van der Waals surface area contributed by atoms with Crippen LogP contribution >= 0.6 is 11.8 Å². The molecule has 1 aliphatic heterocycles. The van der Waals surface area contributed by atoms with Gasteiger partial charge in [-0.25, -0.2) is 4.68 Å². The van der Waals surface area contributed by atoms with E-state index in [0.29, 0.717) is 5.92 Å². The van der Waals surface area contributed by atoms with Crippen molar-refractivity contribution in [1.29, 1.82) is 0 Å². The normalized spacial score (nSPS) is 19.6. The molecule has 2 heterocycles. The molecule has 1 fully saturated rings. The van der Waals surface area contributed by atoms with Gasteiger partial charge in [-0.3, -0.25) is 4.79 Å². The first-order valence-corrected chi connectivity index (χ1v) is 8.46. The van der Waals surface area contributed by atoms with E-state index >= 15 is 0 Å². The van der Waals surface area contributed by atoms with Crippen molar-refractivity contribution in [2.75, 3.05) is 19.6 Å². The van der Waals surface area contributed by atoms with Gasteiger partial charge in [0.25, 0.3) is 0 Å². The van der Waals surface area contributed by atoms with Crippen LogP contribution < -0.4 is 10.6 Å². The predicted octanol–water partition coefficient (Wildman–Crippen LogP) is 0.679. The van der Waals surface area contributed by atoms with Crippen molar-refractivity contribution in [2.24, 2.45) is 5.92 Å². The van der Waals surface area contributed by atoms with Crippen LogP contribution in [0.4, 0.5) is 0 Å². The Hall–Kier alpha value is -1.15. The van der Waals surface area contributed by atoms with E-state index in [1.54, 1.807) is 4.68 Å². The zero-order valence-electron chi connectivity index (χ0n) is 12.7. The number of nitrogens with zero attached hydrogens (tertiary/aromatic N) is 4. The molecule has 2 rings (SSSR count). The van der Waals surface area contributed by atoms with Gasteiger partial charge in [-0.2, -0.15) is 0 Å². The van der Waals surface area contributed by atoms with Crippen LogP contribution in [0.5, 0.6) is 0 Å². The van der Waals surface area contributed by atoms with Crippen molar-refractivity contribution in [2.45, 2.75) is 50.1 Å². The van der Waals surface area contributed by atoms with Crippen LogP contribution in [0, 0.1) is 5.92 Å². The highest BCUT2D eigenvalue weighted by molar-refractivity contribution is 8.00. The number of tetrazole rings is 1. The van der Waals surface area contributed by atoms with E-state index < -0.39 is 0 Å². The molecule has 8 heteroatoms. The summed E-state index contributed by atoms with van der Waals surface area (Å²) in [5, 5.41) is 18.7. The summed E-state index contributed by atoms with van der Waals surface area (Å²) >= 11 is 1.47. The Kier molecular flexibility index (Phi) is 6.44. The first-order chi connectivity index (χ1) is 10.2. The summed E-state index contributed by atoms with van der Waals surface area (Å²) in [5.74, 6) is 0.729. The molecule has 0 saturated carbocycles. The Morgan fingerprint density at radius 2 is 2.33 bits per heavy atom. The summed E-state index contributed by atoms with van der Waals surface area (Å²) in [5.41, 5.74) is 0. The maximum Gasteiger partial charge on any atom is 0.233 e. The molecular weight excluding hydrogens is 288 g/mol. The molecule has 0 spiro atoms. The van der Waals surface area contributed by atoms with Crippen molar-refractivity contribution < 1.29 is 4.79 Å². The lowest BCUT2D eigenvalue weighted by Crippen LogP contribution is -2.31. The molecule has 1 aromatic rings. The number of amides is 1. The fourth-order valence-corrected chi connectivity index (χ4v) is 3.21. The van der Waals surface area contributed by atoms with Crippen LogP contribution in [0.2, 0.25) is 0 Å². The van der Waals surface area contributed by atoms with E-state index in [-0.39, 0.29) is 11.2 Å². The number of hydrogen-bond acceptors (Lipinski definition) is 6. The van der Waals surface area contributed by atoms with E-state index in [4.69, 9.17) is 0 Å². The Morgan fingerprint density at radius 3 is 3.14 bits per heavy atom. The van der Waals surface area contributed by atoms with Crippen molar-refractivity contribution in [3.63, 3.8) is 0 Å². The van der Waals surface area contributed by atoms with E-state index in [0.717, 1.165) is 50.6 Å². The molecule has 0 radical (unpaired) electrons. The third-order valence-electron chi connectivity index (χ3n) is 3.28. The van der Waals surface area contributed by atoms with Gasteiger partial charge in [0.05, 0.1) is 11.8 Å². The van der Waals surface area contributed by atoms with Crippen LogP contribution in [0.15, 0.2) is 5.16 Å². The van der Waals surface area contributed by atoms with Gasteiger partial charge in [0.15, 0.2) is 0 Å². The summed E-state index contributed by atoms with van der Waals surface area (Å²) in [6.45, 7) is 7.66. The topological polar surface area (TPSA) is 84.7 Å². The molecule has 7 nitrogen and oxygen atoms in total. The zero-order valence-corrected chi connectivity index (χ0v) is 13.5. The minimum Gasteiger partial charge on any atom is -0.355 e. The highest BCUT2D eigenvalue weighted by Gasteiger charge is 2.24. The quantitative estimate of drug-likeness (QED) is 0.720. The monoisotopic (exact) mass is 312 g/mol. The SMILES string of the molecule is CC(C)CNCCn1nnnc1SC1CCCCNC1=O. The van der Waals surface area contributed by atoms with Crippen molar-refractivity contribution in [1.82, 2.24) is 30.8 Å². The second-order valence-electron chi connectivity index (χ2n) is 5.68. The fraction of sp³-hybridized carbons (Fsp3) is 0.846. The van der Waals surface area contributed by atoms with Crippen molar-refractivity contribution in [3.05, 3.63) is 0 Å². The Balaban J connectivity index is 1.85. The van der Waals surface area contributed by atoms with Gasteiger partial charge in [0.2, 0.25) is 11.1 Å². The van der Waals surface area contributed by atoms with Crippen LogP contribution in [0.25, 0.3) is 0 Å². The Labute approximate surface area is 129 Å². The summed E-state index contributed by atoms with van der Waals surface area (Å²) in [6.07, 6.45) is 3.00. The number of rotatable bonds is 7. The van der Waals surface area contributed by atoms with E-state index in [1.165, 1.54) is 11.8 Å². The van der Waals surface area contributed by atoms with E-state index in [1.807, 2.05) is 0 Å². The Bertz CT molecular complexity index is 450. The molecule has 0 bridgehead atoms. The van der Waals surface area contributed by atoms with Gasteiger partial charge in [-0.1, -0.05) is 32.0 Å². The molecule has 2 N–H and O–H groups in total. The summed E-state index contributed by atoms with van der Waals surface area (Å²) < 4.78 is 1.77. The predicted molar refractivity (Wildman–Crippen MR) is 82.0 cm³/mol. The highest BCUT2D eigenvalue weighted by Crippen LogP contribution is 2.25. The number of carbonyl (C=O) groups excluding carboxylic acids is 1. The van der Waals surface area contributed by atoms with E-state index in [2.05, 4.69) is 40.0 Å². The van der Waals surface area contributed by atoms with Gasteiger partial charge >= 0.3 is 0 Å². The largest absolute Gasteiger partial charge is 0.355 e. The molecule has 118 valence electrons. The lowest BCUT2D eigenvalue weighted by atomic mass is 10.2. The third-order valence-corrected chi connectivity index (χ3v) is 4.52. The number of hydrogen-bond donors (Lipinski definition) is 2. The highest BCUT2D eigenvalue weighted by atomic mass is 32.2. The van der Waals surface area contributed by atoms with Gasteiger partial charge in [0.1, 0.15) is 0 Å². The molecule has 21 heavy (non-hydrogen) atoms. The molecule has 0 aromatic carbocycles. The smallest absolute Gasteiger partial charge is 0.233 e. The molecular formula is C13H24N6OS. The average Bonchev–Trinajstić information content (AvgIpc) is 2.78. The maximum atomic E-state index is 12.0. The fourth-order valence-electron chi connectivity index (χ4n) is 2.15. The summed E-state index contributed by atoms with van der Waals surface area (Å²) in [7, 11) is 0. The molecule has 1 saturated heterocycles. The average molecular weight is 312 g/mol. The molecule has 1 atom stereocenters. The molecule has 1 aliphatic rings. The maximum absolute atomic E-state index is 12.0. The van der Waals surface area contributed by atoms with Gasteiger partial charge in [0, 0.05) is 13.1 Å². The number of aromatic nitrogens is 4. The first-order valence-electron chi connectivity index (χ1n) is 7.58. The summed E-state index contributed by atoms with van der Waals surface area (Å²) in [6, 6.07) is 0. The van der Waals surface area contributed by atoms with Gasteiger partial charge < -0.3 is 10.6 Å².